The van der Waals surface area contributed by atoms with E-state index in [1.54, 1.807) is 48.8 Å². The molecule has 4 aromatic rings. The van der Waals surface area contributed by atoms with Gasteiger partial charge in [-0.15, -0.1) is 0 Å². The number of fused-ring (bicyclic) bond motifs is 1. The van der Waals surface area contributed by atoms with E-state index in [9.17, 15) is 13.2 Å². The van der Waals surface area contributed by atoms with Gasteiger partial charge in [0.25, 0.3) is 15.9 Å². The molecule has 200 valence electrons. The molecule has 3 aromatic carbocycles. The van der Waals surface area contributed by atoms with Gasteiger partial charge in [-0.3, -0.25) is 14.1 Å². The highest BCUT2D eigenvalue weighted by Gasteiger charge is 2.38. The molecule has 0 unspecified atom stereocenters. The van der Waals surface area contributed by atoms with Crippen molar-refractivity contribution in [1.82, 2.24) is 4.98 Å². The van der Waals surface area contributed by atoms with E-state index in [1.807, 2.05) is 48.5 Å². The van der Waals surface area contributed by atoms with Crippen molar-refractivity contribution in [3.05, 3.63) is 114 Å². The van der Waals surface area contributed by atoms with Crippen molar-refractivity contribution < 1.29 is 17.9 Å². The van der Waals surface area contributed by atoms with E-state index in [0.29, 0.717) is 17.1 Å². The second-order valence-electron chi connectivity index (χ2n) is 10.6. The highest BCUT2D eigenvalue weighted by Crippen LogP contribution is 2.40. The molecule has 8 heteroatoms. The van der Waals surface area contributed by atoms with Crippen LogP contribution in [0.5, 0.6) is 5.75 Å². The lowest BCUT2D eigenvalue weighted by atomic mass is 9.86. The van der Waals surface area contributed by atoms with Crippen molar-refractivity contribution in [3.8, 4) is 5.75 Å². The third kappa shape index (κ3) is 5.81. The summed E-state index contributed by atoms with van der Waals surface area (Å²) in [5.41, 5.74) is 4.04. The Morgan fingerprint density at radius 2 is 1.62 bits per heavy atom. The molecule has 7 nitrogen and oxygen atoms in total. The Kier molecular flexibility index (Phi) is 7.14. The normalized spacial score (nSPS) is 15.3. The van der Waals surface area contributed by atoms with Crippen LogP contribution in [0.3, 0.4) is 0 Å². The molecule has 1 aliphatic heterocycles. The zero-order valence-corrected chi connectivity index (χ0v) is 23.0. The number of carbonyl (C=O) groups excluding carboxylic acids is 1. The van der Waals surface area contributed by atoms with Gasteiger partial charge >= 0.3 is 0 Å². The van der Waals surface area contributed by atoms with Crippen molar-refractivity contribution in [2.75, 3.05) is 16.2 Å². The first-order valence-electron chi connectivity index (χ1n) is 12.8. The summed E-state index contributed by atoms with van der Waals surface area (Å²) in [5.74, 6) is -0.0719. The van der Waals surface area contributed by atoms with Gasteiger partial charge < -0.3 is 10.1 Å². The maximum absolute atomic E-state index is 13.8. The summed E-state index contributed by atoms with van der Waals surface area (Å²) in [6.07, 6.45) is 3.24. The Labute approximate surface area is 229 Å². The number of benzene rings is 3. The first kappa shape index (κ1) is 26.4. The number of nitrogens with zero attached hydrogens (tertiary/aromatic N) is 2. The standard InChI is InChI=1S/C31H31N3O4S/c1-31(2,3)24-11-14-28-27(20-24)34(39(36,37)26-7-5-4-6-8-26)21-29(38-28)30(35)33-25-12-9-22(10-13-25)19-23-15-17-32-18-16-23/h4-18,20,29H,19,21H2,1-3H3,(H,33,35)/t29-/m0/s1. The minimum atomic E-state index is -3.94. The number of hydrogen-bond acceptors (Lipinski definition) is 5. The quantitative estimate of drug-likeness (QED) is 0.345. The number of hydrogen-bond donors (Lipinski definition) is 1. The Bertz CT molecular complexity index is 1570. The number of pyridine rings is 1. The summed E-state index contributed by atoms with van der Waals surface area (Å²) in [7, 11) is -3.94. The smallest absolute Gasteiger partial charge is 0.267 e. The van der Waals surface area contributed by atoms with Gasteiger partial charge in [-0.2, -0.15) is 0 Å². The van der Waals surface area contributed by atoms with E-state index in [-0.39, 0.29) is 16.9 Å². The highest BCUT2D eigenvalue weighted by molar-refractivity contribution is 7.92. The van der Waals surface area contributed by atoms with Crippen molar-refractivity contribution in [2.24, 2.45) is 0 Å². The number of ether oxygens (including phenoxy) is 1. The lowest BCUT2D eigenvalue weighted by Crippen LogP contribution is -2.49. The maximum Gasteiger partial charge on any atom is 0.267 e. The fraction of sp³-hybridized carbons (Fsp3) is 0.226. The number of nitrogens with one attached hydrogen (secondary N) is 1. The van der Waals surface area contributed by atoms with Crippen LogP contribution in [0.2, 0.25) is 0 Å². The Balaban J connectivity index is 1.40. The fourth-order valence-electron chi connectivity index (χ4n) is 4.47. The van der Waals surface area contributed by atoms with Gasteiger partial charge in [-0.05, 0) is 77.1 Å². The molecule has 0 saturated heterocycles. The average molecular weight is 542 g/mol. The van der Waals surface area contributed by atoms with E-state index in [4.69, 9.17) is 4.74 Å². The average Bonchev–Trinajstić information content (AvgIpc) is 2.93. The van der Waals surface area contributed by atoms with Crippen molar-refractivity contribution in [3.63, 3.8) is 0 Å². The van der Waals surface area contributed by atoms with Gasteiger partial charge in [0.2, 0.25) is 0 Å². The zero-order valence-electron chi connectivity index (χ0n) is 22.2. The molecule has 0 saturated carbocycles. The number of carbonyl (C=O) groups is 1. The highest BCUT2D eigenvalue weighted by atomic mass is 32.2. The summed E-state index contributed by atoms with van der Waals surface area (Å²) >= 11 is 0. The Hall–Kier alpha value is -4.17. The van der Waals surface area contributed by atoms with Crippen LogP contribution in [0.1, 0.15) is 37.5 Å². The molecule has 0 fully saturated rings. The number of rotatable bonds is 6. The molecule has 0 spiro atoms. The maximum atomic E-state index is 13.8. The largest absolute Gasteiger partial charge is 0.476 e. The molecule has 1 N–H and O–H groups in total. The monoisotopic (exact) mass is 541 g/mol. The van der Waals surface area contributed by atoms with E-state index >= 15 is 0 Å². The summed E-state index contributed by atoms with van der Waals surface area (Å²) in [6, 6.07) is 25.2. The van der Waals surface area contributed by atoms with Gasteiger partial charge in [-0.25, -0.2) is 8.42 Å². The third-order valence-electron chi connectivity index (χ3n) is 6.70. The van der Waals surface area contributed by atoms with Crippen LogP contribution in [0.15, 0.2) is 102 Å². The second-order valence-corrected chi connectivity index (χ2v) is 12.5. The Morgan fingerprint density at radius 3 is 2.28 bits per heavy atom. The zero-order chi connectivity index (χ0) is 27.6. The van der Waals surface area contributed by atoms with Gasteiger partial charge in [0.05, 0.1) is 17.1 Å². The van der Waals surface area contributed by atoms with E-state index < -0.39 is 22.0 Å². The summed E-state index contributed by atoms with van der Waals surface area (Å²) in [6.45, 7) is 6.04. The van der Waals surface area contributed by atoms with E-state index in [1.165, 1.54) is 4.31 Å². The molecule has 0 bridgehead atoms. The van der Waals surface area contributed by atoms with Crippen LogP contribution < -0.4 is 14.4 Å². The molecule has 5 rings (SSSR count). The molecule has 2 heterocycles. The molecule has 0 aliphatic carbocycles. The molecule has 39 heavy (non-hydrogen) atoms. The molecule has 1 aliphatic rings. The molecule has 1 atom stereocenters. The summed E-state index contributed by atoms with van der Waals surface area (Å²) in [4.78, 5) is 17.5. The van der Waals surface area contributed by atoms with Gasteiger partial charge in [0.15, 0.2) is 6.10 Å². The minimum absolute atomic E-state index is 0.149. The molecule has 0 radical (unpaired) electrons. The topological polar surface area (TPSA) is 88.6 Å². The van der Waals surface area contributed by atoms with E-state index in [2.05, 4.69) is 31.1 Å². The van der Waals surface area contributed by atoms with Crippen molar-refractivity contribution >= 4 is 27.3 Å². The van der Waals surface area contributed by atoms with Crippen LogP contribution in [-0.2, 0) is 26.7 Å². The SMILES string of the molecule is CC(C)(C)c1ccc2c(c1)N(S(=O)(=O)c1ccccc1)C[C@@H](C(=O)Nc1ccc(Cc3ccncc3)cc1)O2. The van der Waals surface area contributed by atoms with Crippen LogP contribution in [0, 0.1) is 0 Å². The fourth-order valence-corrected chi connectivity index (χ4v) is 5.96. The predicted molar refractivity (Wildman–Crippen MR) is 153 cm³/mol. The lowest BCUT2D eigenvalue weighted by Gasteiger charge is -2.36. The lowest BCUT2D eigenvalue weighted by molar-refractivity contribution is -0.122. The van der Waals surface area contributed by atoms with Crippen LogP contribution in [0.25, 0.3) is 0 Å². The summed E-state index contributed by atoms with van der Waals surface area (Å²) < 4.78 is 34.9. The molecule has 1 aromatic heterocycles. The van der Waals surface area contributed by atoms with Gasteiger partial charge in [0, 0.05) is 18.1 Å². The number of aromatic nitrogens is 1. The van der Waals surface area contributed by atoms with Gasteiger partial charge in [0.1, 0.15) is 5.75 Å². The van der Waals surface area contributed by atoms with Crippen LogP contribution in [-0.4, -0.2) is 32.0 Å². The first-order chi connectivity index (χ1) is 18.6. The van der Waals surface area contributed by atoms with Crippen molar-refractivity contribution in [1.29, 1.82) is 0 Å². The number of anilines is 2. The molecule has 1 amide bonds. The predicted octanol–water partition coefficient (Wildman–Crippen LogP) is 5.56. The van der Waals surface area contributed by atoms with Crippen LogP contribution >= 0.6 is 0 Å². The van der Waals surface area contributed by atoms with Crippen LogP contribution in [0.4, 0.5) is 11.4 Å². The van der Waals surface area contributed by atoms with Gasteiger partial charge in [-0.1, -0.05) is 57.2 Å². The van der Waals surface area contributed by atoms with E-state index in [0.717, 1.165) is 23.1 Å². The molecular weight excluding hydrogens is 510 g/mol. The summed E-state index contributed by atoms with van der Waals surface area (Å²) in [5, 5.41) is 2.89. The van der Waals surface area contributed by atoms with Crippen molar-refractivity contribution in [2.45, 2.75) is 43.6 Å². The second kappa shape index (κ2) is 10.5. The number of amides is 1. The minimum Gasteiger partial charge on any atom is -0.476 e. The Morgan fingerprint density at radius 1 is 0.949 bits per heavy atom. The first-order valence-corrected chi connectivity index (χ1v) is 14.2. The molecular formula is C31H31N3O4S. The number of sulfonamides is 1. The third-order valence-corrected chi connectivity index (χ3v) is 8.49.